The molecule has 180 valence electrons. The summed E-state index contributed by atoms with van der Waals surface area (Å²) in [5.74, 6) is 0.931. The summed E-state index contributed by atoms with van der Waals surface area (Å²) in [6.07, 6.45) is 9.10. The average molecular weight is 467 g/mol. The van der Waals surface area contributed by atoms with Crippen LogP contribution in [0.15, 0.2) is 66.9 Å². The molecule has 1 saturated heterocycles. The predicted molar refractivity (Wildman–Crippen MR) is 143 cm³/mol. The second-order valence-electron chi connectivity index (χ2n) is 9.80. The van der Waals surface area contributed by atoms with Gasteiger partial charge in [-0.2, -0.15) is 5.26 Å². The minimum Gasteiger partial charge on any atom is -0.399 e. The van der Waals surface area contributed by atoms with Crippen molar-refractivity contribution in [3.8, 4) is 17.2 Å². The standard InChI is InChI=1S/C29H34N6/c30-19-21-7-13-26(14-8-21)35-17-3-4-25(20-35)33-27-5-1-2-6-28(27)34-29-18-23(15-16-32-29)22-9-11-24(31)12-10-22/h7-16,18,25,27-28,33H,1-6,17,20,31H2,(H,32,34)/t25-,27+,28+/m0/s1. The molecule has 2 aromatic carbocycles. The number of nitrogens with one attached hydrogen (secondary N) is 2. The van der Waals surface area contributed by atoms with Gasteiger partial charge in [0.2, 0.25) is 0 Å². The zero-order chi connectivity index (χ0) is 24.0. The number of aromatic nitrogens is 1. The van der Waals surface area contributed by atoms with Crippen LogP contribution in [0.1, 0.15) is 44.1 Å². The number of nitrogens with zero attached hydrogens (tertiary/aromatic N) is 3. The lowest BCUT2D eigenvalue weighted by molar-refractivity contribution is 0.293. The van der Waals surface area contributed by atoms with Gasteiger partial charge >= 0.3 is 0 Å². The molecule has 4 N–H and O–H groups in total. The Morgan fingerprint density at radius 3 is 2.43 bits per heavy atom. The van der Waals surface area contributed by atoms with E-state index >= 15 is 0 Å². The third-order valence-electron chi connectivity index (χ3n) is 7.34. The second kappa shape index (κ2) is 10.8. The van der Waals surface area contributed by atoms with E-state index in [2.05, 4.69) is 56.9 Å². The molecule has 0 radical (unpaired) electrons. The van der Waals surface area contributed by atoms with E-state index in [4.69, 9.17) is 11.0 Å². The molecule has 2 aliphatic rings. The van der Waals surface area contributed by atoms with Crippen molar-refractivity contribution in [1.29, 1.82) is 5.26 Å². The molecule has 35 heavy (non-hydrogen) atoms. The Morgan fingerprint density at radius 1 is 0.886 bits per heavy atom. The molecule has 1 saturated carbocycles. The normalized spacial score (nSPS) is 22.4. The third kappa shape index (κ3) is 5.75. The van der Waals surface area contributed by atoms with Crippen LogP contribution in [0.2, 0.25) is 0 Å². The Bertz CT molecular complexity index is 1150. The van der Waals surface area contributed by atoms with Gasteiger partial charge in [0, 0.05) is 48.8 Å². The Morgan fingerprint density at radius 2 is 1.66 bits per heavy atom. The van der Waals surface area contributed by atoms with E-state index in [-0.39, 0.29) is 0 Å². The highest BCUT2D eigenvalue weighted by Crippen LogP contribution is 2.27. The van der Waals surface area contributed by atoms with Gasteiger partial charge in [0.05, 0.1) is 11.6 Å². The van der Waals surface area contributed by atoms with E-state index in [1.807, 2.05) is 36.5 Å². The maximum atomic E-state index is 9.09. The van der Waals surface area contributed by atoms with Crippen molar-refractivity contribution in [3.63, 3.8) is 0 Å². The molecule has 0 spiro atoms. The summed E-state index contributed by atoms with van der Waals surface area (Å²) < 4.78 is 0. The first-order valence-electron chi connectivity index (χ1n) is 12.8. The van der Waals surface area contributed by atoms with E-state index in [1.165, 1.54) is 37.8 Å². The molecule has 6 nitrogen and oxygen atoms in total. The van der Waals surface area contributed by atoms with Gasteiger partial charge in [-0.1, -0.05) is 25.0 Å². The van der Waals surface area contributed by atoms with Crippen molar-refractivity contribution in [2.75, 3.05) is 29.0 Å². The maximum Gasteiger partial charge on any atom is 0.126 e. The second-order valence-corrected chi connectivity index (χ2v) is 9.80. The molecular formula is C29H34N6. The Balaban J connectivity index is 1.24. The fourth-order valence-corrected chi connectivity index (χ4v) is 5.45. The summed E-state index contributed by atoms with van der Waals surface area (Å²) in [6, 6.07) is 23.6. The predicted octanol–water partition coefficient (Wildman–Crippen LogP) is 5.18. The first kappa shape index (κ1) is 23.2. The molecule has 0 bridgehead atoms. The van der Waals surface area contributed by atoms with Crippen molar-refractivity contribution in [2.45, 2.75) is 56.7 Å². The topological polar surface area (TPSA) is 90.0 Å². The molecule has 5 rings (SSSR count). The molecular weight excluding hydrogens is 432 g/mol. The zero-order valence-electron chi connectivity index (χ0n) is 20.2. The summed E-state index contributed by atoms with van der Waals surface area (Å²) in [5, 5.41) is 16.8. The van der Waals surface area contributed by atoms with Crippen LogP contribution in [-0.4, -0.2) is 36.2 Å². The lowest BCUT2D eigenvalue weighted by Gasteiger charge is -2.40. The summed E-state index contributed by atoms with van der Waals surface area (Å²) in [5.41, 5.74) is 10.8. The number of hydrogen-bond acceptors (Lipinski definition) is 6. The van der Waals surface area contributed by atoms with Gasteiger partial charge in [-0.05, 0) is 85.3 Å². The maximum absolute atomic E-state index is 9.09. The first-order valence-corrected chi connectivity index (χ1v) is 12.8. The highest BCUT2D eigenvalue weighted by atomic mass is 15.2. The van der Waals surface area contributed by atoms with E-state index in [9.17, 15) is 0 Å². The smallest absolute Gasteiger partial charge is 0.126 e. The van der Waals surface area contributed by atoms with Crippen LogP contribution in [-0.2, 0) is 0 Å². The first-order chi connectivity index (χ1) is 17.2. The Kier molecular flexibility index (Phi) is 7.15. The number of nitrogens with two attached hydrogens (primary N) is 1. The van der Waals surface area contributed by atoms with Gasteiger partial charge < -0.3 is 21.3 Å². The number of benzene rings is 2. The number of pyridine rings is 1. The molecule has 6 heteroatoms. The fraction of sp³-hybridized carbons (Fsp3) is 0.379. The summed E-state index contributed by atoms with van der Waals surface area (Å²) in [7, 11) is 0. The van der Waals surface area contributed by atoms with Crippen molar-refractivity contribution in [1.82, 2.24) is 10.3 Å². The van der Waals surface area contributed by atoms with Gasteiger partial charge in [-0.15, -0.1) is 0 Å². The monoisotopic (exact) mass is 466 g/mol. The molecule has 2 heterocycles. The Labute approximate surface area is 208 Å². The SMILES string of the molecule is N#Cc1ccc(N2CCC[C@H](N[C@@H]3CCCC[C@H]3Nc3cc(-c4ccc(N)cc4)ccn3)C2)cc1. The molecule has 0 amide bonds. The number of hydrogen-bond donors (Lipinski definition) is 3. The van der Waals surface area contributed by atoms with Gasteiger partial charge in [-0.25, -0.2) is 4.98 Å². The molecule has 1 aliphatic carbocycles. The van der Waals surface area contributed by atoms with Crippen LogP contribution >= 0.6 is 0 Å². The molecule has 3 atom stereocenters. The number of nitrogen functional groups attached to an aromatic ring is 1. The fourth-order valence-electron chi connectivity index (χ4n) is 5.45. The van der Waals surface area contributed by atoms with Crippen LogP contribution in [0.5, 0.6) is 0 Å². The van der Waals surface area contributed by atoms with Crippen molar-refractivity contribution < 1.29 is 0 Å². The van der Waals surface area contributed by atoms with Crippen molar-refractivity contribution >= 4 is 17.2 Å². The molecule has 1 aliphatic heterocycles. The number of rotatable bonds is 6. The van der Waals surface area contributed by atoms with Crippen molar-refractivity contribution in [2.24, 2.45) is 0 Å². The zero-order valence-corrected chi connectivity index (χ0v) is 20.2. The van der Waals surface area contributed by atoms with Crippen LogP contribution in [0, 0.1) is 11.3 Å². The van der Waals surface area contributed by atoms with Crippen LogP contribution in [0.25, 0.3) is 11.1 Å². The number of anilines is 3. The summed E-state index contributed by atoms with van der Waals surface area (Å²) in [4.78, 5) is 7.08. The number of nitriles is 1. The van der Waals surface area contributed by atoms with Gasteiger partial charge in [-0.3, -0.25) is 0 Å². The van der Waals surface area contributed by atoms with E-state index in [1.54, 1.807) is 0 Å². The largest absolute Gasteiger partial charge is 0.399 e. The average Bonchev–Trinajstić information content (AvgIpc) is 2.91. The van der Waals surface area contributed by atoms with Gasteiger partial charge in [0.25, 0.3) is 0 Å². The van der Waals surface area contributed by atoms with E-state index in [0.29, 0.717) is 23.7 Å². The van der Waals surface area contributed by atoms with Gasteiger partial charge in [0.1, 0.15) is 5.82 Å². The third-order valence-corrected chi connectivity index (χ3v) is 7.34. The van der Waals surface area contributed by atoms with Crippen LogP contribution in [0.3, 0.4) is 0 Å². The highest BCUT2D eigenvalue weighted by molar-refractivity contribution is 5.68. The van der Waals surface area contributed by atoms with E-state index in [0.717, 1.165) is 42.1 Å². The summed E-state index contributed by atoms with van der Waals surface area (Å²) in [6.45, 7) is 2.07. The van der Waals surface area contributed by atoms with Crippen molar-refractivity contribution in [3.05, 3.63) is 72.4 Å². The molecule has 2 fully saturated rings. The van der Waals surface area contributed by atoms with Crippen LogP contribution < -0.4 is 21.3 Å². The summed E-state index contributed by atoms with van der Waals surface area (Å²) >= 11 is 0. The van der Waals surface area contributed by atoms with E-state index < -0.39 is 0 Å². The lowest BCUT2D eigenvalue weighted by Crippen LogP contribution is -2.54. The van der Waals surface area contributed by atoms with Gasteiger partial charge in [0.15, 0.2) is 0 Å². The highest BCUT2D eigenvalue weighted by Gasteiger charge is 2.29. The minimum atomic E-state index is 0.364. The molecule has 1 aromatic heterocycles. The Hall–Kier alpha value is -3.56. The molecule has 3 aromatic rings. The molecule has 0 unspecified atom stereocenters. The van der Waals surface area contributed by atoms with Crippen LogP contribution in [0.4, 0.5) is 17.2 Å². The minimum absolute atomic E-state index is 0.364. The lowest BCUT2D eigenvalue weighted by atomic mass is 9.89. The number of piperidine rings is 1. The quantitative estimate of drug-likeness (QED) is 0.434.